The van der Waals surface area contributed by atoms with Crippen molar-refractivity contribution < 1.29 is 17.6 Å². The van der Waals surface area contributed by atoms with E-state index in [9.17, 15) is 13.2 Å². The molecule has 0 bridgehead atoms. The fourth-order valence-electron chi connectivity index (χ4n) is 3.23. The second kappa shape index (κ2) is 8.20. The molecule has 1 aromatic heterocycles. The highest BCUT2D eigenvalue weighted by Crippen LogP contribution is 2.27. The summed E-state index contributed by atoms with van der Waals surface area (Å²) in [6.45, 7) is 2.18. The summed E-state index contributed by atoms with van der Waals surface area (Å²) in [7, 11) is -0.563. The molecule has 9 heteroatoms. The van der Waals surface area contributed by atoms with Gasteiger partial charge in [-0.2, -0.15) is 0 Å². The second-order valence-electron chi connectivity index (χ2n) is 7.12. The van der Waals surface area contributed by atoms with E-state index in [2.05, 4.69) is 17.2 Å². The molecule has 7 nitrogen and oxygen atoms in total. The van der Waals surface area contributed by atoms with Crippen LogP contribution in [0.2, 0.25) is 0 Å². The zero-order valence-corrected chi connectivity index (χ0v) is 17.4. The number of hydrogen-bond acceptors (Lipinski definition) is 6. The van der Waals surface area contributed by atoms with Crippen LogP contribution in [-0.4, -0.2) is 49.5 Å². The minimum atomic E-state index is -3.53. The lowest BCUT2D eigenvalue weighted by atomic mass is 9.86. The first kappa shape index (κ1) is 20.2. The number of hydrogen-bond donors (Lipinski definition) is 1. The standard InChI is InChI=1S/C18H25N3O4S2/c1-12-6-4-5-7-14(12)19-17(22)11-26-18-20-15-10-13(8-9-16(15)25-18)27(23,24)21(2)3/h8-10,12,14H,4-7,11H2,1-3H3,(H,19,22)/t12-,14+/m0/s1. The number of nitrogens with zero attached hydrogens (tertiary/aromatic N) is 2. The van der Waals surface area contributed by atoms with E-state index >= 15 is 0 Å². The predicted molar refractivity (Wildman–Crippen MR) is 105 cm³/mol. The summed E-state index contributed by atoms with van der Waals surface area (Å²) in [6.07, 6.45) is 4.58. The van der Waals surface area contributed by atoms with Gasteiger partial charge in [0.2, 0.25) is 15.9 Å². The Kier molecular flexibility index (Phi) is 6.12. The average Bonchev–Trinajstić information content (AvgIpc) is 3.04. The van der Waals surface area contributed by atoms with Gasteiger partial charge in [0.1, 0.15) is 5.52 Å². The van der Waals surface area contributed by atoms with Gasteiger partial charge in [-0.3, -0.25) is 4.79 Å². The smallest absolute Gasteiger partial charge is 0.257 e. The Morgan fingerprint density at radius 2 is 2.07 bits per heavy atom. The predicted octanol–water partition coefficient (Wildman–Crippen LogP) is 2.87. The van der Waals surface area contributed by atoms with Crippen molar-refractivity contribution in [3.63, 3.8) is 0 Å². The van der Waals surface area contributed by atoms with Gasteiger partial charge < -0.3 is 9.73 Å². The zero-order chi connectivity index (χ0) is 19.6. The Labute approximate surface area is 163 Å². The minimum Gasteiger partial charge on any atom is -0.431 e. The lowest BCUT2D eigenvalue weighted by molar-refractivity contribution is -0.119. The molecule has 1 heterocycles. The molecule has 3 rings (SSSR count). The summed E-state index contributed by atoms with van der Waals surface area (Å²) in [5, 5.41) is 3.46. The number of amides is 1. The molecule has 0 unspecified atom stereocenters. The molecule has 2 aromatic rings. The van der Waals surface area contributed by atoms with Crippen LogP contribution in [-0.2, 0) is 14.8 Å². The quantitative estimate of drug-likeness (QED) is 0.735. The SMILES string of the molecule is C[C@H]1CCCC[C@H]1NC(=O)CSc1nc2cc(S(=O)(=O)N(C)C)ccc2o1. The highest BCUT2D eigenvalue weighted by atomic mass is 32.2. The monoisotopic (exact) mass is 411 g/mol. The van der Waals surface area contributed by atoms with Crippen LogP contribution in [0.3, 0.4) is 0 Å². The molecular formula is C18H25N3O4S2. The van der Waals surface area contributed by atoms with Crippen molar-refractivity contribution in [3.8, 4) is 0 Å². The van der Waals surface area contributed by atoms with E-state index in [1.807, 2.05) is 0 Å². The van der Waals surface area contributed by atoms with Gasteiger partial charge in [0.05, 0.1) is 10.6 Å². The van der Waals surface area contributed by atoms with Crippen molar-refractivity contribution in [2.45, 2.75) is 48.8 Å². The van der Waals surface area contributed by atoms with Gasteiger partial charge in [0.15, 0.2) is 5.58 Å². The maximum absolute atomic E-state index is 12.2. The molecule has 2 atom stereocenters. The van der Waals surface area contributed by atoms with Gasteiger partial charge in [-0.25, -0.2) is 17.7 Å². The number of fused-ring (bicyclic) bond motifs is 1. The Morgan fingerprint density at radius 1 is 1.33 bits per heavy atom. The maximum Gasteiger partial charge on any atom is 0.257 e. The number of nitrogens with one attached hydrogen (secondary N) is 1. The molecule has 0 spiro atoms. The summed E-state index contributed by atoms with van der Waals surface area (Å²) >= 11 is 1.21. The lowest BCUT2D eigenvalue weighted by Crippen LogP contribution is -2.41. The van der Waals surface area contributed by atoms with Gasteiger partial charge in [-0.15, -0.1) is 0 Å². The van der Waals surface area contributed by atoms with Crippen LogP contribution in [0.25, 0.3) is 11.1 Å². The molecule has 1 aliphatic carbocycles. The normalized spacial score (nSPS) is 20.9. The summed E-state index contributed by atoms with van der Waals surface area (Å²) < 4.78 is 31.2. The summed E-state index contributed by atoms with van der Waals surface area (Å²) in [5.41, 5.74) is 0.957. The molecule has 1 aromatic carbocycles. The van der Waals surface area contributed by atoms with Gasteiger partial charge in [-0.1, -0.05) is 31.5 Å². The van der Waals surface area contributed by atoms with Gasteiger partial charge in [0.25, 0.3) is 5.22 Å². The van der Waals surface area contributed by atoms with Gasteiger partial charge in [-0.05, 0) is 37.0 Å². The maximum atomic E-state index is 12.2. The van der Waals surface area contributed by atoms with Crippen LogP contribution in [0.5, 0.6) is 0 Å². The first-order chi connectivity index (χ1) is 12.8. The third kappa shape index (κ3) is 4.64. The van der Waals surface area contributed by atoms with Crippen molar-refractivity contribution in [2.24, 2.45) is 5.92 Å². The number of carbonyl (C=O) groups is 1. The second-order valence-corrected chi connectivity index (χ2v) is 10.2. The van der Waals surface area contributed by atoms with E-state index in [0.717, 1.165) is 23.6 Å². The number of oxazole rings is 1. The molecule has 0 radical (unpaired) electrons. The van der Waals surface area contributed by atoms with Crippen LogP contribution in [0, 0.1) is 5.92 Å². The van der Waals surface area contributed by atoms with Crippen molar-refractivity contribution in [3.05, 3.63) is 18.2 Å². The van der Waals surface area contributed by atoms with E-state index in [1.54, 1.807) is 6.07 Å². The van der Waals surface area contributed by atoms with Crippen LogP contribution >= 0.6 is 11.8 Å². The Hall–Kier alpha value is -1.58. The highest BCUT2D eigenvalue weighted by Gasteiger charge is 2.23. The number of aromatic nitrogens is 1. The summed E-state index contributed by atoms with van der Waals surface area (Å²) in [5.74, 6) is 0.699. The van der Waals surface area contributed by atoms with Crippen LogP contribution in [0.4, 0.5) is 0 Å². The van der Waals surface area contributed by atoms with E-state index in [4.69, 9.17) is 4.42 Å². The van der Waals surface area contributed by atoms with Crippen molar-refractivity contribution >= 4 is 38.8 Å². The molecular weight excluding hydrogens is 386 g/mol. The number of carbonyl (C=O) groups excluding carboxylic acids is 1. The van der Waals surface area contributed by atoms with E-state index < -0.39 is 10.0 Å². The number of sulfonamides is 1. The summed E-state index contributed by atoms with van der Waals surface area (Å²) in [6, 6.07) is 4.82. The third-order valence-electron chi connectivity index (χ3n) is 4.90. The first-order valence-corrected chi connectivity index (χ1v) is 11.4. The zero-order valence-electron chi connectivity index (χ0n) is 15.8. The van der Waals surface area contributed by atoms with Crippen molar-refractivity contribution in [1.29, 1.82) is 0 Å². The van der Waals surface area contributed by atoms with Gasteiger partial charge in [0, 0.05) is 20.1 Å². The average molecular weight is 412 g/mol. The van der Waals surface area contributed by atoms with Crippen molar-refractivity contribution in [1.82, 2.24) is 14.6 Å². The lowest BCUT2D eigenvalue weighted by Gasteiger charge is -2.29. The number of rotatable bonds is 6. The molecule has 1 amide bonds. The number of benzene rings is 1. The van der Waals surface area contributed by atoms with Crippen LogP contribution < -0.4 is 5.32 Å². The molecule has 148 valence electrons. The van der Waals surface area contributed by atoms with Crippen LogP contribution in [0.15, 0.2) is 32.7 Å². The first-order valence-electron chi connectivity index (χ1n) is 9.02. The summed E-state index contributed by atoms with van der Waals surface area (Å²) in [4.78, 5) is 16.7. The van der Waals surface area contributed by atoms with E-state index in [1.165, 1.54) is 44.4 Å². The molecule has 1 saturated carbocycles. The molecule has 1 aliphatic rings. The Morgan fingerprint density at radius 3 is 2.78 bits per heavy atom. The largest absolute Gasteiger partial charge is 0.431 e. The number of thioether (sulfide) groups is 1. The molecule has 1 N–H and O–H groups in total. The topological polar surface area (TPSA) is 92.5 Å². The Bertz CT molecular complexity index is 924. The fraction of sp³-hybridized carbons (Fsp3) is 0.556. The fourth-order valence-corrected chi connectivity index (χ4v) is 4.80. The Balaban J connectivity index is 1.64. The molecule has 27 heavy (non-hydrogen) atoms. The highest BCUT2D eigenvalue weighted by molar-refractivity contribution is 7.99. The van der Waals surface area contributed by atoms with Crippen molar-refractivity contribution in [2.75, 3.05) is 19.8 Å². The van der Waals surface area contributed by atoms with Gasteiger partial charge >= 0.3 is 0 Å². The molecule has 0 aliphatic heterocycles. The van der Waals surface area contributed by atoms with Crippen LogP contribution in [0.1, 0.15) is 32.6 Å². The third-order valence-corrected chi connectivity index (χ3v) is 7.54. The molecule has 0 saturated heterocycles. The minimum absolute atomic E-state index is 0.0307. The molecule has 1 fully saturated rings. The van der Waals surface area contributed by atoms with E-state index in [0.29, 0.717) is 22.2 Å². The van der Waals surface area contributed by atoms with E-state index in [-0.39, 0.29) is 22.6 Å².